The molecular formula is C20H34N4O4. The number of carbonyl (C=O) groups is 1. The van der Waals surface area contributed by atoms with Crippen LogP contribution in [0.4, 0.5) is 0 Å². The molecule has 158 valence electrons. The Labute approximate surface area is 167 Å². The smallest absolute Gasteiger partial charge is 0.289 e. The second-order valence-electron chi connectivity index (χ2n) is 6.57. The molecule has 0 aliphatic carbocycles. The molecule has 0 spiro atoms. The maximum atomic E-state index is 12.4. The van der Waals surface area contributed by atoms with Crippen molar-refractivity contribution in [3.8, 4) is 0 Å². The molecule has 0 saturated carbocycles. The van der Waals surface area contributed by atoms with Crippen molar-refractivity contribution in [3.05, 3.63) is 24.2 Å². The molecule has 1 amide bonds. The molecule has 0 radical (unpaired) electrons. The van der Waals surface area contributed by atoms with E-state index in [1.807, 2.05) is 4.90 Å². The van der Waals surface area contributed by atoms with Crippen molar-refractivity contribution in [1.82, 2.24) is 15.1 Å². The molecule has 8 nitrogen and oxygen atoms in total. The van der Waals surface area contributed by atoms with E-state index in [-0.39, 0.29) is 5.91 Å². The molecule has 1 N–H and O–H groups in total. The molecular weight excluding hydrogens is 360 g/mol. The van der Waals surface area contributed by atoms with E-state index >= 15 is 0 Å². The first-order chi connectivity index (χ1) is 13.8. The summed E-state index contributed by atoms with van der Waals surface area (Å²) in [5.74, 6) is 1.21. The number of piperazine rings is 1. The minimum atomic E-state index is -0.0545. The van der Waals surface area contributed by atoms with Crippen LogP contribution in [0.5, 0.6) is 0 Å². The van der Waals surface area contributed by atoms with E-state index in [0.29, 0.717) is 45.2 Å². The number of furan rings is 1. The summed E-state index contributed by atoms with van der Waals surface area (Å²) in [7, 11) is 0. The summed E-state index contributed by atoms with van der Waals surface area (Å²) in [4.78, 5) is 21.0. The van der Waals surface area contributed by atoms with Gasteiger partial charge >= 0.3 is 0 Å². The van der Waals surface area contributed by atoms with Crippen molar-refractivity contribution < 1.29 is 18.7 Å². The number of nitrogens with zero attached hydrogens (tertiary/aromatic N) is 3. The first kappa shape index (κ1) is 22.2. The Morgan fingerprint density at radius 3 is 2.46 bits per heavy atom. The number of rotatable bonds is 11. The van der Waals surface area contributed by atoms with Crippen LogP contribution in [-0.4, -0.2) is 87.4 Å². The molecule has 1 aliphatic heterocycles. The first-order valence-corrected chi connectivity index (χ1v) is 10.3. The summed E-state index contributed by atoms with van der Waals surface area (Å²) in [6.45, 7) is 11.0. The van der Waals surface area contributed by atoms with Crippen LogP contribution in [0.25, 0.3) is 0 Å². The number of hydrogen-bond acceptors (Lipinski definition) is 5. The molecule has 0 unspecified atom stereocenters. The van der Waals surface area contributed by atoms with Crippen LogP contribution in [0, 0.1) is 0 Å². The molecule has 1 aromatic rings. The van der Waals surface area contributed by atoms with Gasteiger partial charge in [-0.15, -0.1) is 0 Å². The Balaban J connectivity index is 1.68. The summed E-state index contributed by atoms with van der Waals surface area (Å²) in [5, 5.41) is 3.32. The Kier molecular flexibility index (Phi) is 10.5. The summed E-state index contributed by atoms with van der Waals surface area (Å²) in [6, 6.07) is 3.44. The zero-order valence-electron chi connectivity index (χ0n) is 17.2. The van der Waals surface area contributed by atoms with Gasteiger partial charge in [0.2, 0.25) is 0 Å². The summed E-state index contributed by atoms with van der Waals surface area (Å²) >= 11 is 0. The maximum Gasteiger partial charge on any atom is 0.289 e. The van der Waals surface area contributed by atoms with E-state index in [1.54, 1.807) is 12.1 Å². The van der Waals surface area contributed by atoms with Gasteiger partial charge in [0.25, 0.3) is 5.91 Å². The topological polar surface area (TPSA) is 79.5 Å². The quantitative estimate of drug-likeness (QED) is 0.350. The number of hydrogen-bond donors (Lipinski definition) is 1. The molecule has 0 bridgehead atoms. The minimum Gasteiger partial charge on any atom is -0.459 e. The van der Waals surface area contributed by atoms with Crippen LogP contribution < -0.4 is 5.32 Å². The van der Waals surface area contributed by atoms with E-state index in [2.05, 4.69) is 29.1 Å². The van der Waals surface area contributed by atoms with Gasteiger partial charge in [0.05, 0.1) is 32.6 Å². The van der Waals surface area contributed by atoms with Crippen LogP contribution in [0.2, 0.25) is 0 Å². The lowest BCUT2D eigenvalue weighted by molar-refractivity contribution is 0.0496. The zero-order valence-corrected chi connectivity index (χ0v) is 17.2. The summed E-state index contributed by atoms with van der Waals surface area (Å²) < 4.78 is 16.3. The number of aliphatic imine (C=N–C) groups is 1. The number of unbranched alkanes of at least 4 members (excludes halogenated alkanes) is 1. The lowest BCUT2D eigenvalue weighted by Gasteiger charge is -2.36. The Bertz CT molecular complexity index is 569. The summed E-state index contributed by atoms with van der Waals surface area (Å²) in [6.07, 6.45) is 3.77. The first-order valence-electron chi connectivity index (χ1n) is 10.3. The second-order valence-corrected chi connectivity index (χ2v) is 6.57. The van der Waals surface area contributed by atoms with Gasteiger partial charge in [0.1, 0.15) is 0 Å². The van der Waals surface area contributed by atoms with Crippen LogP contribution >= 0.6 is 0 Å². The molecule has 1 saturated heterocycles. The molecule has 8 heteroatoms. The van der Waals surface area contributed by atoms with Crippen LogP contribution in [0.3, 0.4) is 0 Å². The van der Waals surface area contributed by atoms with Crippen molar-refractivity contribution in [2.45, 2.75) is 26.7 Å². The van der Waals surface area contributed by atoms with Crippen molar-refractivity contribution in [1.29, 1.82) is 0 Å². The van der Waals surface area contributed by atoms with Gasteiger partial charge in [-0.2, -0.15) is 0 Å². The molecule has 28 heavy (non-hydrogen) atoms. The molecule has 1 aromatic heterocycles. The fourth-order valence-corrected chi connectivity index (χ4v) is 2.89. The van der Waals surface area contributed by atoms with Crippen molar-refractivity contribution in [2.75, 3.05) is 65.7 Å². The fourth-order valence-electron chi connectivity index (χ4n) is 2.89. The third-order valence-electron chi connectivity index (χ3n) is 4.44. The van der Waals surface area contributed by atoms with Gasteiger partial charge in [0.15, 0.2) is 11.7 Å². The third kappa shape index (κ3) is 7.52. The minimum absolute atomic E-state index is 0.0545. The predicted octanol–water partition coefficient (Wildman–Crippen LogP) is 1.84. The Morgan fingerprint density at radius 2 is 1.82 bits per heavy atom. The molecule has 1 fully saturated rings. The highest BCUT2D eigenvalue weighted by Gasteiger charge is 2.25. The third-order valence-corrected chi connectivity index (χ3v) is 4.44. The maximum absolute atomic E-state index is 12.4. The van der Waals surface area contributed by atoms with E-state index in [1.165, 1.54) is 6.26 Å². The molecule has 2 rings (SSSR count). The largest absolute Gasteiger partial charge is 0.459 e. The SMILES string of the molecule is CCCCOCCOCCN=C(NCC)N1CCN(C(=O)c2ccco2)CC1. The van der Waals surface area contributed by atoms with Crippen LogP contribution in [0.1, 0.15) is 37.2 Å². The van der Waals surface area contributed by atoms with Crippen LogP contribution in [0.15, 0.2) is 27.8 Å². The zero-order chi connectivity index (χ0) is 20.0. The monoisotopic (exact) mass is 394 g/mol. The predicted molar refractivity (Wildman–Crippen MR) is 109 cm³/mol. The molecule has 1 aliphatic rings. The van der Waals surface area contributed by atoms with E-state index in [0.717, 1.165) is 45.0 Å². The lowest BCUT2D eigenvalue weighted by atomic mass is 10.3. The number of amides is 1. The highest BCUT2D eigenvalue weighted by atomic mass is 16.5. The van der Waals surface area contributed by atoms with Gasteiger partial charge in [-0.1, -0.05) is 13.3 Å². The molecule has 0 aromatic carbocycles. The van der Waals surface area contributed by atoms with Gasteiger partial charge in [-0.3, -0.25) is 9.79 Å². The van der Waals surface area contributed by atoms with E-state index in [9.17, 15) is 4.79 Å². The number of carbonyl (C=O) groups excluding carboxylic acids is 1. The fraction of sp³-hybridized carbons (Fsp3) is 0.700. The van der Waals surface area contributed by atoms with Gasteiger partial charge in [-0.25, -0.2) is 0 Å². The van der Waals surface area contributed by atoms with E-state index < -0.39 is 0 Å². The van der Waals surface area contributed by atoms with Crippen molar-refractivity contribution >= 4 is 11.9 Å². The highest BCUT2D eigenvalue weighted by Crippen LogP contribution is 2.09. The normalized spacial score (nSPS) is 15.1. The average Bonchev–Trinajstić information content (AvgIpc) is 3.26. The summed E-state index contributed by atoms with van der Waals surface area (Å²) in [5.41, 5.74) is 0. The number of nitrogens with one attached hydrogen (secondary N) is 1. The molecule has 2 heterocycles. The average molecular weight is 395 g/mol. The van der Waals surface area contributed by atoms with Gasteiger partial charge in [-0.05, 0) is 25.5 Å². The lowest BCUT2D eigenvalue weighted by Crippen LogP contribution is -2.53. The van der Waals surface area contributed by atoms with Crippen molar-refractivity contribution in [3.63, 3.8) is 0 Å². The Morgan fingerprint density at radius 1 is 1.11 bits per heavy atom. The number of guanidine groups is 1. The highest BCUT2D eigenvalue weighted by molar-refractivity contribution is 5.91. The van der Waals surface area contributed by atoms with Gasteiger partial charge < -0.3 is 29.0 Å². The van der Waals surface area contributed by atoms with E-state index in [4.69, 9.17) is 13.9 Å². The van der Waals surface area contributed by atoms with Crippen molar-refractivity contribution in [2.24, 2.45) is 4.99 Å². The van der Waals surface area contributed by atoms with Gasteiger partial charge in [0, 0.05) is 39.3 Å². The van der Waals surface area contributed by atoms with Crippen LogP contribution in [-0.2, 0) is 9.47 Å². The molecule has 0 atom stereocenters. The standard InChI is InChI=1S/C20H34N4O4/c1-3-5-13-26-16-17-27-15-8-22-20(21-4-2)24-11-9-23(10-12-24)19(25)18-7-6-14-28-18/h6-7,14H,3-5,8-13,15-17H2,1-2H3,(H,21,22). The Hall–Kier alpha value is -2.06. The second kappa shape index (κ2) is 13.2. The number of ether oxygens (including phenoxy) is 2.